The molecule has 178 valence electrons. The van der Waals surface area contributed by atoms with Gasteiger partial charge in [-0.15, -0.1) is 0 Å². The van der Waals surface area contributed by atoms with E-state index in [4.69, 9.17) is 0 Å². The number of ketones is 1. The van der Waals surface area contributed by atoms with Crippen LogP contribution in [-0.2, 0) is 6.54 Å². The lowest BCUT2D eigenvalue weighted by Crippen LogP contribution is -2.49. The lowest BCUT2D eigenvalue weighted by Gasteiger charge is -2.36. The van der Waals surface area contributed by atoms with E-state index in [2.05, 4.69) is 0 Å². The molecule has 1 amide bonds. The molecule has 0 spiro atoms. The molecule has 0 radical (unpaired) electrons. The number of nitrogens with zero attached hydrogens (tertiary/aromatic N) is 3. The van der Waals surface area contributed by atoms with Gasteiger partial charge < -0.3 is 14.4 Å². The van der Waals surface area contributed by atoms with Crippen molar-refractivity contribution in [2.75, 3.05) is 31.1 Å². The van der Waals surface area contributed by atoms with E-state index in [1.54, 1.807) is 35.2 Å². The molecule has 35 heavy (non-hydrogen) atoms. The molecule has 1 aliphatic rings. The van der Waals surface area contributed by atoms with Gasteiger partial charge in [0.2, 0.25) is 0 Å². The molecular formula is C28H25F2N3O2. The Hall–Kier alpha value is -4.00. The fourth-order valence-electron chi connectivity index (χ4n) is 4.65. The normalized spacial score (nSPS) is 13.9. The Bertz CT molecular complexity index is 1420. The zero-order chi connectivity index (χ0) is 24.5. The number of rotatable bonds is 5. The van der Waals surface area contributed by atoms with Crippen LogP contribution < -0.4 is 4.90 Å². The van der Waals surface area contributed by atoms with Crippen molar-refractivity contribution in [2.45, 2.75) is 13.5 Å². The number of aromatic nitrogens is 1. The second-order valence-corrected chi connectivity index (χ2v) is 8.77. The number of fused-ring (bicyclic) bond motifs is 1. The summed E-state index contributed by atoms with van der Waals surface area (Å²) in [6.07, 6.45) is 0. The molecule has 1 saturated heterocycles. The Kier molecular flexibility index (Phi) is 6.07. The van der Waals surface area contributed by atoms with E-state index in [9.17, 15) is 18.4 Å². The monoisotopic (exact) mass is 473 g/mol. The van der Waals surface area contributed by atoms with Gasteiger partial charge in [0, 0.05) is 48.2 Å². The maximum absolute atomic E-state index is 14.6. The summed E-state index contributed by atoms with van der Waals surface area (Å²) in [5.41, 5.74) is 2.64. The van der Waals surface area contributed by atoms with Crippen LogP contribution in [0.5, 0.6) is 0 Å². The molecule has 0 atom stereocenters. The summed E-state index contributed by atoms with van der Waals surface area (Å²) in [6, 6.07) is 20.6. The number of anilines is 1. The number of hydrogen-bond acceptors (Lipinski definition) is 3. The smallest absolute Gasteiger partial charge is 0.270 e. The zero-order valence-corrected chi connectivity index (χ0v) is 19.4. The molecule has 2 heterocycles. The number of hydrogen-bond donors (Lipinski definition) is 0. The highest BCUT2D eigenvalue weighted by Gasteiger charge is 2.27. The predicted octanol–water partition coefficient (Wildman–Crippen LogP) is 5.13. The van der Waals surface area contributed by atoms with Gasteiger partial charge in [-0.25, -0.2) is 8.78 Å². The summed E-state index contributed by atoms with van der Waals surface area (Å²) in [5.74, 6) is -1.07. The summed E-state index contributed by atoms with van der Waals surface area (Å²) in [7, 11) is 0. The van der Waals surface area contributed by atoms with Crippen molar-refractivity contribution in [3.8, 4) is 0 Å². The summed E-state index contributed by atoms with van der Waals surface area (Å²) < 4.78 is 30.9. The number of Topliss-reactive ketones (excluding diaryl/α,β-unsaturated/α-hetero) is 1. The molecule has 4 aromatic rings. The van der Waals surface area contributed by atoms with Crippen molar-refractivity contribution >= 4 is 28.3 Å². The molecule has 1 aromatic heterocycles. The summed E-state index contributed by atoms with van der Waals surface area (Å²) >= 11 is 0. The van der Waals surface area contributed by atoms with Crippen molar-refractivity contribution in [3.63, 3.8) is 0 Å². The third kappa shape index (κ3) is 4.41. The molecule has 7 heteroatoms. The maximum atomic E-state index is 14.6. The van der Waals surface area contributed by atoms with Gasteiger partial charge in [-0.3, -0.25) is 9.59 Å². The van der Waals surface area contributed by atoms with Crippen LogP contribution in [0.4, 0.5) is 14.5 Å². The van der Waals surface area contributed by atoms with Gasteiger partial charge in [0.25, 0.3) is 5.91 Å². The summed E-state index contributed by atoms with van der Waals surface area (Å²) in [6.45, 7) is 3.44. The van der Waals surface area contributed by atoms with Crippen molar-refractivity contribution in [1.82, 2.24) is 9.47 Å². The number of para-hydroxylation sites is 1. The molecule has 5 nitrogen and oxygen atoms in total. The SMILES string of the molecule is CC(=O)c1ccc(N2CCN(C(=O)c3cc4ccccc4n3Cc3ccccc3F)CC2)c(F)c1. The van der Waals surface area contributed by atoms with Crippen LogP contribution in [-0.4, -0.2) is 47.3 Å². The van der Waals surface area contributed by atoms with Crippen LogP contribution in [0.3, 0.4) is 0 Å². The minimum Gasteiger partial charge on any atom is -0.366 e. The lowest BCUT2D eigenvalue weighted by molar-refractivity contribution is 0.0736. The van der Waals surface area contributed by atoms with Gasteiger partial charge in [-0.05, 0) is 43.3 Å². The average molecular weight is 474 g/mol. The van der Waals surface area contributed by atoms with Gasteiger partial charge >= 0.3 is 0 Å². The topological polar surface area (TPSA) is 45.6 Å². The first-order chi connectivity index (χ1) is 16.9. The van der Waals surface area contributed by atoms with Gasteiger partial charge in [0.05, 0.1) is 12.2 Å². The first-order valence-electron chi connectivity index (χ1n) is 11.6. The van der Waals surface area contributed by atoms with Crippen LogP contribution in [0.15, 0.2) is 72.8 Å². The highest BCUT2D eigenvalue weighted by Crippen LogP contribution is 2.26. The predicted molar refractivity (Wildman–Crippen MR) is 132 cm³/mol. The Morgan fingerprint density at radius 1 is 0.829 bits per heavy atom. The average Bonchev–Trinajstić information content (AvgIpc) is 3.23. The largest absolute Gasteiger partial charge is 0.366 e. The van der Waals surface area contributed by atoms with E-state index in [1.165, 1.54) is 19.1 Å². The Morgan fingerprint density at radius 3 is 2.26 bits per heavy atom. The van der Waals surface area contributed by atoms with E-state index < -0.39 is 5.82 Å². The fraction of sp³-hybridized carbons (Fsp3) is 0.214. The van der Waals surface area contributed by atoms with E-state index in [0.717, 1.165) is 10.9 Å². The number of benzene rings is 3. The summed E-state index contributed by atoms with van der Waals surface area (Å²) in [5, 5.41) is 0.915. The van der Waals surface area contributed by atoms with Gasteiger partial charge in [0.15, 0.2) is 5.78 Å². The van der Waals surface area contributed by atoms with Gasteiger partial charge in [0.1, 0.15) is 17.3 Å². The first-order valence-corrected chi connectivity index (χ1v) is 11.6. The lowest BCUT2D eigenvalue weighted by atomic mass is 10.1. The number of carbonyl (C=O) groups excluding carboxylic acids is 2. The minimum atomic E-state index is -0.442. The van der Waals surface area contributed by atoms with Crippen molar-refractivity contribution < 1.29 is 18.4 Å². The molecule has 0 N–H and O–H groups in total. The Labute approximate surface area is 202 Å². The molecule has 1 fully saturated rings. The van der Waals surface area contributed by atoms with Crippen LogP contribution in [0.1, 0.15) is 33.3 Å². The molecule has 3 aromatic carbocycles. The quantitative estimate of drug-likeness (QED) is 0.378. The molecule has 0 unspecified atom stereocenters. The van der Waals surface area contributed by atoms with E-state index in [0.29, 0.717) is 48.7 Å². The third-order valence-corrected chi connectivity index (χ3v) is 6.58. The van der Waals surface area contributed by atoms with E-state index in [1.807, 2.05) is 39.8 Å². The Balaban J connectivity index is 1.38. The van der Waals surface area contributed by atoms with Crippen LogP contribution >= 0.6 is 0 Å². The Morgan fingerprint density at radius 2 is 1.54 bits per heavy atom. The van der Waals surface area contributed by atoms with Gasteiger partial charge in [-0.2, -0.15) is 0 Å². The van der Waals surface area contributed by atoms with Crippen molar-refractivity contribution in [2.24, 2.45) is 0 Å². The van der Waals surface area contributed by atoms with Crippen molar-refractivity contribution in [1.29, 1.82) is 0 Å². The molecule has 5 rings (SSSR count). The van der Waals surface area contributed by atoms with Gasteiger partial charge in [-0.1, -0.05) is 36.4 Å². The standard InChI is InChI=1S/C28H25F2N3O2/c1-19(34)20-10-11-26(24(30)16-20)31-12-14-32(15-13-31)28(35)27-17-21-6-3-5-9-25(21)33(27)18-22-7-2-4-8-23(22)29/h2-11,16-17H,12-15,18H2,1H3. The van der Waals surface area contributed by atoms with Crippen LogP contribution in [0, 0.1) is 11.6 Å². The number of piperazine rings is 1. The second kappa shape index (κ2) is 9.33. The molecule has 1 aliphatic heterocycles. The highest BCUT2D eigenvalue weighted by molar-refractivity contribution is 5.99. The zero-order valence-electron chi connectivity index (χ0n) is 19.4. The molecule has 0 aliphatic carbocycles. The minimum absolute atomic E-state index is 0.135. The van der Waals surface area contributed by atoms with E-state index in [-0.39, 0.29) is 24.1 Å². The maximum Gasteiger partial charge on any atom is 0.270 e. The number of halogens is 2. The third-order valence-electron chi connectivity index (χ3n) is 6.58. The first kappa shape index (κ1) is 22.8. The molecule has 0 bridgehead atoms. The fourth-order valence-corrected chi connectivity index (χ4v) is 4.65. The second-order valence-electron chi connectivity index (χ2n) is 8.77. The number of amides is 1. The van der Waals surface area contributed by atoms with E-state index >= 15 is 0 Å². The van der Waals surface area contributed by atoms with Crippen molar-refractivity contribution in [3.05, 3.63) is 101 Å². The highest BCUT2D eigenvalue weighted by atomic mass is 19.1. The van der Waals surface area contributed by atoms with Crippen LogP contribution in [0.2, 0.25) is 0 Å². The number of carbonyl (C=O) groups is 2. The van der Waals surface area contributed by atoms with Crippen LogP contribution in [0.25, 0.3) is 10.9 Å². The molecule has 0 saturated carbocycles. The summed E-state index contributed by atoms with van der Waals surface area (Å²) in [4.78, 5) is 28.7. The molecular weight excluding hydrogens is 448 g/mol.